The van der Waals surface area contributed by atoms with E-state index in [1.165, 1.54) is 0 Å². The van der Waals surface area contributed by atoms with Gasteiger partial charge in [0.15, 0.2) is 11.5 Å². The first-order chi connectivity index (χ1) is 10.7. The summed E-state index contributed by atoms with van der Waals surface area (Å²) in [4.78, 5) is 0. The lowest BCUT2D eigenvalue weighted by Crippen LogP contribution is -2.12. The fourth-order valence-corrected chi connectivity index (χ4v) is 2.19. The molecule has 0 aliphatic heterocycles. The van der Waals surface area contributed by atoms with Crippen molar-refractivity contribution in [3.8, 4) is 17.2 Å². The maximum absolute atomic E-state index is 10.2. The Morgan fingerprint density at radius 1 is 0.955 bits per heavy atom. The number of aliphatic hydroxyl groups is 1. The van der Waals surface area contributed by atoms with Crippen molar-refractivity contribution < 1.29 is 19.3 Å². The normalized spacial score (nSPS) is 11.6. The van der Waals surface area contributed by atoms with E-state index in [9.17, 15) is 5.11 Å². The molecule has 2 rings (SSSR count). The molecule has 1 atom stereocenters. The van der Waals surface area contributed by atoms with Crippen molar-refractivity contribution >= 4 is 5.69 Å². The minimum absolute atomic E-state index is 0.378. The highest BCUT2D eigenvalue weighted by Gasteiger charge is 2.14. The van der Waals surface area contributed by atoms with Gasteiger partial charge in [0.1, 0.15) is 0 Å². The first-order valence-corrected chi connectivity index (χ1v) is 6.96. The number of anilines is 1. The third-order valence-corrected chi connectivity index (χ3v) is 3.35. The van der Waals surface area contributed by atoms with Crippen LogP contribution < -0.4 is 19.5 Å². The fourth-order valence-electron chi connectivity index (χ4n) is 2.19. The third-order valence-electron chi connectivity index (χ3n) is 3.35. The maximum Gasteiger partial charge on any atom is 0.203 e. The van der Waals surface area contributed by atoms with Crippen molar-refractivity contribution in [2.24, 2.45) is 0 Å². The fraction of sp³-hybridized carbons (Fsp3) is 0.294. The van der Waals surface area contributed by atoms with Crippen LogP contribution in [0.4, 0.5) is 5.69 Å². The van der Waals surface area contributed by atoms with Crippen LogP contribution in [0.25, 0.3) is 0 Å². The van der Waals surface area contributed by atoms with Crippen LogP contribution in [-0.2, 0) is 0 Å². The summed E-state index contributed by atoms with van der Waals surface area (Å²) in [7, 11) is 4.70. The molecule has 2 N–H and O–H groups in total. The second-order valence-electron chi connectivity index (χ2n) is 4.72. The van der Waals surface area contributed by atoms with Gasteiger partial charge in [-0.05, 0) is 5.56 Å². The molecule has 0 aliphatic rings. The molecule has 0 aliphatic carbocycles. The molecular formula is C17H21NO4. The summed E-state index contributed by atoms with van der Waals surface area (Å²) in [6.07, 6.45) is -0.597. The second-order valence-corrected chi connectivity index (χ2v) is 4.72. The molecule has 5 heteroatoms. The van der Waals surface area contributed by atoms with Gasteiger partial charge in [-0.15, -0.1) is 0 Å². The molecule has 118 valence electrons. The largest absolute Gasteiger partial charge is 0.493 e. The summed E-state index contributed by atoms with van der Waals surface area (Å²) in [5.41, 5.74) is 1.65. The Hall–Kier alpha value is -2.40. The van der Waals surface area contributed by atoms with E-state index in [0.717, 1.165) is 11.3 Å². The first kappa shape index (κ1) is 16.0. The van der Waals surface area contributed by atoms with Crippen molar-refractivity contribution in [2.45, 2.75) is 6.10 Å². The molecule has 2 aromatic rings. The van der Waals surface area contributed by atoms with Crippen molar-refractivity contribution in [2.75, 3.05) is 33.2 Å². The molecule has 5 nitrogen and oxygen atoms in total. The molecule has 0 saturated heterocycles. The highest BCUT2D eigenvalue weighted by molar-refractivity contribution is 5.62. The van der Waals surface area contributed by atoms with Crippen molar-refractivity contribution in [1.82, 2.24) is 0 Å². The lowest BCUT2D eigenvalue weighted by Gasteiger charge is -2.17. The van der Waals surface area contributed by atoms with Crippen LogP contribution in [0.2, 0.25) is 0 Å². The quantitative estimate of drug-likeness (QED) is 0.823. The molecule has 0 spiro atoms. The molecule has 0 heterocycles. The molecule has 2 aromatic carbocycles. The summed E-state index contributed by atoms with van der Waals surface area (Å²) >= 11 is 0. The average Bonchev–Trinajstić information content (AvgIpc) is 2.59. The number of hydrogen-bond donors (Lipinski definition) is 2. The first-order valence-electron chi connectivity index (χ1n) is 6.96. The van der Waals surface area contributed by atoms with E-state index in [1.807, 2.05) is 30.3 Å². The Bertz CT molecular complexity index is 576. The van der Waals surface area contributed by atoms with Gasteiger partial charge >= 0.3 is 0 Å². The average molecular weight is 303 g/mol. The van der Waals surface area contributed by atoms with E-state index in [2.05, 4.69) is 5.32 Å². The zero-order valence-corrected chi connectivity index (χ0v) is 13.0. The predicted octanol–water partition coefficient (Wildman–Crippen LogP) is 2.86. The van der Waals surface area contributed by atoms with Gasteiger partial charge in [-0.3, -0.25) is 0 Å². The number of nitrogens with one attached hydrogen (secondary N) is 1. The zero-order chi connectivity index (χ0) is 15.9. The number of rotatable bonds is 7. The standard InChI is InChI=1S/C17H21NO4/c1-20-15-9-13(10-16(21-2)17(15)22-3)18-11-14(19)12-7-5-4-6-8-12/h4-10,14,18-19H,11H2,1-3H3. The SMILES string of the molecule is COc1cc(NCC(O)c2ccccc2)cc(OC)c1OC. The summed E-state index contributed by atoms with van der Waals surface area (Å²) in [5.74, 6) is 1.68. The Morgan fingerprint density at radius 3 is 2.05 bits per heavy atom. The van der Waals surface area contributed by atoms with Gasteiger partial charge in [0.25, 0.3) is 0 Å². The Morgan fingerprint density at radius 2 is 1.55 bits per heavy atom. The van der Waals surface area contributed by atoms with Gasteiger partial charge < -0.3 is 24.6 Å². The summed E-state index contributed by atoms with van der Waals surface area (Å²) in [5, 5.41) is 13.4. The minimum atomic E-state index is -0.597. The zero-order valence-electron chi connectivity index (χ0n) is 13.0. The van der Waals surface area contributed by atoms with Gasteiger partial charge in [-0.2, -0.15) is 0 Å². The third kappa shape index (κ3) is 3.62. The molecular weight excluding hydrogens is 282 g/mol. The lowest BCUT2D eigenvalue weighted by molar-refractivity contribution is 0.191. The predicted molar refractivity (Wildman–Crippen MR) is 86.0 cm³/mol. The number of ether oxygens (including phenoxy) is 3. The lowest BCUT2D eigenvalue weighted by atomic mass is 10.1. The molecule has 0 aromatic heterocycles. The molecule has 22 heavy (non-hydrogen) atoms. The summed E-state index contributed by atoms with van der Waals surface area (Å²) in [6, 6.07) is 13.1. The van der Waals surface area contributed by atoms with E-state index in [0.29, 0.717) is 23.8 Å². The summed E-state index contributed by atoms with van der Waals surface area (Å²) in [6.45, 7) is 0.378. The molecule has 0 radical (unpaired) electrons. The van der Waals surface area contributed by atoms with Crippen LogP contribution in [0, 0.1) is 0 Å². The van der Waals surface area contributed by atoms with Gasteiger partial charge in [0.2, 0.25) is 5.75 Å². The van der Waals surface area contributed by atoms with E-state index in [1.54, 1.807) is 33.5 Å². The Labute approximate surface area is 130 Å². The molecule has 0 amide bonds. The maximum atomic E-state index is 10.2. The Kier molecular flexibility index (Phi) is 5.49. The number of benzene rings is 2. The Balaban J connectivity index is 2.13. The smallest absolute Gasteiger partial charge is 0.203 e. The van der Waals surface area contributed by atoms with Crippen LogP contribution in [-0.4, -0.2) is 33.0 Å². The van der Waals surface area contributed by atoms with E-state index >= 15 is 0 Å². The van der Waals surface area contributed by atoms with Crippen molar-refractivity contribution in [3.05, 3.63) is 48.0 Å². The van der Waals surface area contributed by atoms with Crippen molar-refractivity contribution in [3.63, 3.8) is 0 Å². The number of methoxy groups -OCH3 is 3. The van der Waals surface area contributed by atoms with E-state index in [4.69, 9.17) is 14.2 Å². The monoisotopic (exact) mass is 303 g/mol. The molecule has 0 saturated carbocycles. The number of aliphatic hydroxyl groups excluding tert-OH is 1. The van der Waals surface area contributed by atoms with E-state index in [-0.39, 0.29) is 0 Å². The van der Waals surface area contributed by atoms with Gasteiger partial charge in [-0.25, -0.2) is 0 Å². The highest BCUT2D eigenvalue weighted by Crippen LogP contribution is 2.40. The number of hydrogen-bond acceptors (Lipinski definition) is 5. The molecule has 0 fully saturated rings. The molecule has 0 bridgehead atoms. The van der Waals surface area contributed by atoms with Crippen LogP contribution in [0.3, 0.4) is 0 Å². The highest BCUT2D eigenvalue weighted by atomic mass is 16.5. The van der Waals surface area contributed by atoms with Gasteiger partial charge in [0, 0.05) is 24.4 Å². The van der Waals surface area contributed by atoms with Crippen LogP contribution in [0.1, 0.15) is 11.7 Å². The summed E-state index contributed by atoms with van der Waals surface area (Å²) < 4.78 is 15.9. The van der Waals surface area contributed by atoms with Gasteiger partial charge in [-0.1, -0.05) is 30.3 Å². The minimum Gasteiger partial charge on any atom is -0.493 e. The van der Waals surface area contributed by atoms with Crippen LogP contribution >= 0.6 is 0 Å². The van der Waals surface area contributed by atoms with Crippen LogP contribution in [0.5, 0.6) is 17.2 Å². The topological polar surface area (TPSA) is 60.0 Å². The van der Waals surface area contributed by atoms with Gasteiger partial charge in [0.05, 0.1) is 27.4 Å². The van der Waals surface area contributed by atoms with Crippen LogP contribution in [0.15, 0.2) is 42.5 Å². The van der Waals surface area contributed by atoms with Crippen molar-refractivity contribution in [1.29, 1.82) is 0 Å². The van der Waals surface area contributed by atoms with E-state index < -0.39 is 6.10 Å². The second kappa shape index (κ2) is 7.56. The molecule has 1 unspecified atom stereocenters.